The van der Waals surface area contributed by atoms with Gasteiger partial charge in [0.2, 0.25) is 5.79 Å². The second kappa shape index (κ2) is 13.7. The Balaban J connectivity index is 1.77. The van der Waals surface area contributed by atoms with Crippen LogP contribution in [0.1, 0.15) is 120 Å². The molecule has 1 aromatic carbocycles. The number of hydrogen-bond donors (Lipinski definition) is 0. The quantitative estimate of drug-likeness (QED) is 0.188. The lowest BCUT2D eigenvalue weighted by Gasteiger charge is -2.48. The Hall–Kier alpha value is -2.45. The van der Waals surface area contributed by atoms with Gasteiger partial charge in [-0.1, -0.05) is 106 Å². The van der Waals surface area contributed by atoms with Crippen LogP contribution in [0.5, 0.6) is 0 Å². The van der Waals surface area contributed by atoms with Crippen molar-refractivity contribution in [2.24, 2.45) is 5.92 Å². The number of Topliss-reactive ketones (excluding diaryl/α,β-unsaturated/α-hetero) is 1. The van der Waals surface area contributed by atoms with Crippen LogP contribution in [0.25, 0.3) is 0 Å². The largest absolute Gasteiger partial charge is 0.446 e. The first-order chi connectivity index (χ1) is 21.2. The highest BCUT2D eigenvalue weighted by molar-refractivity contribution is 6.93. The molecule has 1 aliphatic carbocycles. The number of ether oxygens (including phenoxy) is 3. The molecule has 8 heteroatoms. The molecule has 7 nitrogen and oxygen atoms in total. The molecule has 1 aromatic rings. The molecule has 2 fully saturated rings. The van der Waals surface area contributed by atoms with E-state index >= 15 is 0 Å². The van der Waals surface area contributed by atoms with Gasteiger partial charge in [-0.3, -0.25) is 9.69 Å². The summed E-state index contributed by atoms with van der Waals surface area (Å²) in [4.78, 5) is 43.6. The van der Waals surface area contributed by atoms with Crippen molar-refractivity contribution in [2.75, 3.05) is 0 Å². The average Bonchev–Trinajstić information content (AvgIpc) is 3.34. The molecule has 1 saturated carbocycles. The van der Waals surface area contributed by atoms with E-state index in [2.05, 4.69) is 79.7 Å². The number of carbonyl (C=O) groups is 3. The number of hydrogen-bond acceptors (Lipinski definition) is 6. The number of carbonyl (C=O) groups excluding carboxylic acids is 3. The molecule has 4 atom stereocenters. The molecule has 0 unspecified atom stereocenters. The summed E-state index contributed by atoms with van der Waals surface area (Å²) in [5, 5.41) is 0.768. The molecule has 1 saturated heterocycles. The molecule has 0 spiro atoms. The first-order valence-corrected chi connectivity index (χ1v) is 19.6. The summed E-state index contributed by atoms with van der Waals surface area (Å²) in [6, 6.07) is 9.62. The van der Waals surface area contributed by atoms with Crippen LogP contribution in [0.3, 0.4) is 0 Å². The number of rotatable bonds is 10. The molecule has 0 radical (unpaired) electrons. The lowest BCUT2D eigenvalue weighted by Crippen LogP contribution is -2.57. The van der Waals surface area contributed by atoms with Gasteiger partial charge in [0.05, 0.1) is 6.04 Å². The number of nitrogens with zero attached hydrogens (tertiary/aromatic N) is 1. The summed E-state index contributed by atoms with van der Waals surface area (Å²) >= 11 is 0. The van der Waals surface area contributed by atoms with Gasteiger partial charge in [0.1, 0.15) is 14.2 Å². The van der Waals surface area contributed by atoms with Crippen molar-refractivity contribution >= 4 is 25.9 Å². The Morgan fingerprint density at radius 3 is 2.09 bits per heavy atom. The van der Waals surface area contributed by atoms with Crippen molar-refractivity contribution in [2.45, 2.75) is 160 Å². The van der Waals surface area contributed by atoms with Crippen LogP contribution >= 0.6 is 0 Å². The van der Waals surface area contributed by atoms with Crippen molar-refractivity contribution in [3.63, 3.8) is 0 Å². The summed E-state index contributed by atoms with van der Waals surface area (Å²) in [5.41, 5.74) is 1.84. The van der Waals surface area contributed by atoms with Crippen molar-refractivity contribution < 1.29 is 28.6 Å². The topological polar surface area (TPSA) is 82.1 Å². The van der Waals surface area contributed by atoms with E-state index in [0.29, 0.717) is 12.8 Å². The van der Waals surface area contributed by atoms with Crippen molar-refractivity contribution in [1.29, 1.82) is 0 Å². The highest BCUT2D eigenvalue weighted by atomic mass is 28.3. The van der Waals surface area contributed by atoms with Crippen molar-refractivity contribution in [1.82, 2.24) is 4.90 Å². The molecule has 1 amide bonds. The minimum atomic E-state index is -2.44. The number of amides is 1. The maximum Gasteiger partial charge on any atom is 0.414 e. The van der Waals surface area contributed by atoms with E-state index < -0.39 is 38.1 Å². The number of allylic oxidation sites excluding steroid dienone is 1. The van der Waals surface area contributed by atoms with Gasteiger partial charge in [0.15, 0.2) is 11.9 Å². The summed E-state index contributed by atoms with van der Waals surface area (Å²) in [7, 11) is -2.44. The Bertz CT molecular complexity index is 1230. The maximum absolute atomic E-state index is 14.5. The number of ketones is 1. The summed E-state index contributed by atoms with van der Waals surface area (Å²) in [5.74, 6) is -1.44. The van der Waals surface area contributed by atoms with E-state index in [0.717, 1.165) is 30.9 Å². The molecule has 0 bridgehead atoms. The summed E-state index contributed by atoms with van der Waals surface area (Å²) in [6.07, 6.45) is 4.71. The molecule has 4 rings (SSSR count). The standard InChI is InChI=1S/C37H57NO6Si/c1-11-37(12-2)43-33(34(40)44-37)29-22-30(39)32(45(24(3)4,25(5)6)26(7)8)23-38(29)35(41)42-31-21-17-16-20-28(31)36(9,10)27-18-14-13-15-19-27/h13-15,18-19,23-26,28-29,31,33H,11-12,16-17,20-22H2,1-10H3/t28-,29+,31-,33+/m1/s1. The minimum Gasteiger partial charge on any atom is -0.446 e. The van der Waals surface area contributed by atoms with E-state index in [1.165, 1.54) is 5.56 Å². The summed E-state index contributed by atoms with van der Waals surface area (Å²) in [6.45, 7) is 21.6. The Morgan fingerprint density at radius 2 is 1.56 bits per heavy atom. The van der Waals surface area contributed by atoms with Crippen LogP contribution in [-0.4, -0.2) is 54.9 Å². The minimum absolute atomic E-state index is 0.00865. The fourth-order valence-corrected chi connectivity index (χ4v) is 15.9. The van der Waals surface area contributed by atoms with E-state index in [4.69, 9.17) is 14.2 Å². The SMILES string of the molecule is CCC1(CC)OC(=O)[C@H]([C@@H]2CC(=O)C([Si](C(C)C)(C(C)C)C(C)C)=CN2C(=O)O[C@@H]2CCCC[C@H]2C(C)(C)c2ccccc2)O1. The van der Waals surface area contributed by atoms with Gasteiger partial charge in [0.25, 0.3) is 0 Å². The fourth-order valence-electron chi connectivity index (χ4n) is 9.11. The van der Waals surface area contributed by atoms with Crippen molar-refractivity contribution in [3.05, 3.63) is 47.3 Å². The van der Waals surface area contributed by atoms with Gasteiger partial charge in [0, 0.05) is 31.4 Å². The van der Waals surface area contributed by atoms with Gasteiger partial charge < -0.3 is 14.2 Å². The molecule has 0 N–H and O–H groups in total. The van der Waals surface area contributed by atoms with Crippen LogP contribution in [-0.2, 0) is 29.2 Å². The zero-order chi connectivity index (χ0) is 33.3. The van der Waals surface area contributed by atoms with Crippen LogP contribution in [0.2, 0.25) is 16.6 Å². The number of esters is 1. The Morgan fingerprint density at radius 1 is 0.978 bits per heavy atom. The second-order valence-corrected chi connectivity index (χ2v) is 20.9. The van der Waals surface area contributed by atoms with E-state index in [1.54, 1.807) is 11.1 Å². The third-order valence-corrected chi connectivity index (χ3v) is 18.6. The molecular weight excluding hydrogens is 582 g/mol. The highest BCUT2D eigenvalue weighted by Crippen LogP contribution is 2.49. The first-order valence-electron chi connectivity index (χ1n) is 17.4. The average molecular weight is 640 g/mol. The first kappa shape index (κ1) is 35.4. The van der Waals surface area contributed by atoms with Gasteiger partial charge in [-0.25, -0.2) is 9.59 Å². The van der Waals surface area contributed by atoms with E-state index in [9.17, 15) is 14.4 Å². The lowest BCUT2D eigenvalue weighted by molar-refractivity contribution is -0.183. The number of cyclic esters (lactones) is 1. The van der Waals surface area contributed by atoms with Crippen molar-refractivity contribution in [3.8, 4) is 0 Å². The van der Waals surface area contributed by atoms with Gasteiger partial charge in [-0.05, 0) is 52.1 Å². The fraction of sp³-hybridized carbons (Fsp3) is 0.703. The van der Waals surface area contributed by atoms with E-state index in [1.807, 2.05) is 19.9 Å². The third-order valence-electron chi connectivity index (χ3n) is 11.6. The number of benzene rings is 1. The zero-order valence-corrected chi connectivity index (χ0v) is 30.4. The van der Waals surface area contributed by atoms with E-state index in [-0.39, 0.29) is 46.3 Å². The van der Waals surface area contributed by atoms with Crippen LogP contribution in [0.15, 0.2) is 41.7 Å². The van der Waals surface area contributed by atoms with Gasteiger partial charge in [-0.15, -0.1) is 0 Å². The predicted molar refractivity (Wildman–Crippen MR) is 180 cm³/mol. The zero-order valence-electron chi connectivity index (χ0n) is 29.4. The van der Waals surface area contributed by atoms with Crippen LogP contribution in [0, 0.1) is 5.92 Å². The van der Waals surface area contributed by atoms with Gasteiger partial charge >= 0.3 is 12.1 Å². The Labute approximate surface area is 272 Å². The molecule has 250 valence electrons. The monoisotopic (exact) mass is 639 g/mol. The lowest BCUT2D eigenvalue weighted by atomic mass is 9.66. The molecule has 2 heterocycles. The maximum atomic E-state index is 14.5. The normalized spacial score (nSPS) is 26.0. The molecule has 45 heavy (non-hydrogen) atoms. The van der Waals surface area contributed by atoms with Gasteiger partial charge in [-0.2, -0.15) is 0 Å². The Kier molecular flexibility index (Phi) is 10.8. The molecule has 3 aliphatic rings. The second-order valence-electron chi connectivity index (χ2n) is 15.0. The summed E-state index contributed by atoms with van der Waals surface area (Å²) < 4.78 is 18.6. The molecule has 0 aromatic heterocycles. The smallest absolute Gasteiger partial charge is 0.414 e. The third kappa shape index (κ3) is 6.43. The predicted octanol–water partition coefficient (Wildman–Crippen LogP) is 8.86. The molecule has 2 aliphatic heterocycles. The molecular formula is C37H57NO6Si. The highest BCUT2D eigenvalue weighted by Gasteiger charge is 2.56. The van der Waals surface area contributed by atoms with Crippen LogP contribution in [0.4, 0.5) is 4.79 Å². The van der Waals surface area contributed by atoms with Crippen LogP contribution < -0.4 is 0 Å².